The molecule has 2 aromatic rings. The van der Waals surface area contributed by atoms with Gasteiger partial charge in [-0.1, -0.05) is 0 Å². The maximum Gasteiger partial charge on any atom is 0.224 e. The lowest BCUT2D eigenvalue weighted by atomic mass is 10.2. The van der Waals surface area contributed by atoms with E-state index in [9.17, 15) is 4.79 Å². The van der Waals surface area contributed by atoms with Crippen LogP contribution >= 0.6 is 11.3 Å². The van der Waals surface area contributed by atoms with Crippen LogP contribution in [0, 0.1) is 13.8 Å². The fourth-order valence-electron chi connectivity index (χ4n) is 2.68. The van der Waals surface area contributed by atoms with Crippen molar-refractivity contribution in [1.29, 1.82) is 0 Å². The number of rotatable bonds is 4. The van der Waals surface area contributed by atoms with Crippen molar-refractivity contribution in [1.82, 2.24) is 20.2 Å². The Kier molecular flexibility index (Phi) is 4.54. The van der Waals surface area contributed by atoms with Gasteiger partial charge in [-0.25, -0.2) is 9.97 Å². The number of hydrogen-bond donors (Lipinski definition) is 2. The molecule has 1 aliphatic heterocycles. The minimum absolute atomic E-state index is 0.206. The molecule has 0 atom stereocenters. The fraction of sp³-hybridized carbons (Fsp3) is 0.533. The van der Waals surface area contributed by atoms with Crippen molar-refractivity contribution in [3.8, 4) is 0 Å². The molecule has 7 heteroatoms. The number of amides is 1. The minimum Gasteiger partial charge on any atom is -0.369 e. The number of aryl methyl sites for hydroxylation is 2. The second kappa shape index (κ2) is 6.58. The first-order chi connectivity index (χ1) is 10.7. The number of anilines is 1. The highest BCUT2D eigenvalue weighted by molar-refractivity contribution is 7.18. The smallest absolute Gasteiger partial charge is 0.224 e. The van der Waals surface area contributed by atoms with Gasteiger partial charge in [-0.05, 0) is 19.4 Å². The third-order valence-electron chi connectivity index (χ3n) is 4.07. The van der Waals surface area contributed by atoms with E-state index < -0.39 is 0 Å². The van der Waals surface area contributed by atoms with Gasteiger partial charge in [-0.3, -0.25) is 4.79 Å². The van der Waals surface area contributed by atoms with Gasteiger partial charge in [0, 0.05) is 44.0 Å². The van der Waals surface area contributed by atoms with E-state index in [2.05, 4.69) is 34.4 Å². The van der Waals surface area contributed by atoms with Gasteiger partial charge in [0.05, 0.1) is 5.39 Å². The Labute approximate surface area is 133 Å². The van der Waals surface area contributed by atoms with Crippen molar-refractivity contribution in [2.24, 2.45) is 0 Å². The Balaban J connectivity index is 1.63. The molecule has 22 heavy (non-hydrogen) atoms. The average Bonchev–Trinajstić information content (AvgIpc) is 2.84. The molecule has 2 N–H and O–H groups in total. The molecule has 1 aliphatic rings. The number of nitrogens with zero attached hydrogens (tertiary/aromatic N) is 3. The number of hydrogen-bond acceptors (Lipinski definition) is 6. The molecule has 0 unspecified atom stereocenters. The molecule has 2 aromatic heterocycles. The van der Waals surface area contributed by atoms with Crippen LogP contribution in [0.25, 0.3) is 10.2 Å². The summed E-state index contributed by atoms with van der Waals surface area (Å²) in [4.78, 5) is 25.0. The van der Waals surface area contributed by atoms with E-state index in [4.69, 9.17) is 0 Å². The number of carbonyl (C=O) groups is 1. The summed E-state index contributed by atoms with van der Waals surface area (Å²) >= 11 is 1.68. The Bertz CT molecular complexity index is 678. The Morgan fingerprint density at radius 3 is 2.91 bits per heavy atom. The summed E-state index contributed by atoms with van der Waals surface area (Å²) in [5.74, 6) is 1.04. The van der Waals surface area contributed by atoms with Crippen molar-refractivity contribution in [3.05, 3.63) is 16.8 Å². The van der Waals surface area contributed by atoms with Crippen molar-refractivity contribution >= 4 is 33.3 Å². The highest BCUT2D eigenvalue weighted by Gasteiger charge is 2.16. The lowest BCUT2D eigenvalue weighted by Crippen LogP contribution is -2.46. The van der Waals surface area contributed by atoms with Gasteiger partial charge in [0.2, 0.25) is 5.91 Å². The molecule has 3 heterocycles. The van der Waals surface area contributed by atoms with Crippen molar-refractivity contribution in [2.45, 2.75) is 20.3 Å². The molecule has 0 radical (unpaired) electrons. The van der Waals surface area contributed by atoms with Crippen molar-refractivity contribution in [2.75, 3.05) is 38.0 Å². The van der Waals surface area contributed by atoms with E-state index in [1.807, 2.05) is 4.90 Å². The number of nitrogens with one attached hydrogen (secondary N) is 2. The van der Waals surface area contributed by atoms with Gasteiger partial charge < -0.3 is 15.5 Å². The Hall–Kier alpha value is -1.73. The van der Waals surface area contributed by atoms with Gasteiger partial charge in [-0.15, -0.1) is 11.3 Å². The molecule has 0 spiro atoms. The number of fused-ring (bicyclic) bond motifs is 1. The van der Waals surface area contributed by atoms with Crippen LogP contribution in [0.3, 0.4) is 0 Å². The molecular formula is C15H21N5OS. The van der Waals surface area contributed by atoms with Gasteiger partial charge in [-0.2, -0.15) is 0 Å². The molecule has 0 bridgehead atoms. The zero-order valence-corrected chi connectivity index (χ0v) is 13.8. The Morgan fingerprint density at radius 1 is 1.36 bits per heavy atom. The van der Waals surface area contributed by atoms with Gasteiger partial charge >= 0.3 is 0 Å². The predicted molar refractivity (Wildman–Crippen MR) is 89.4 cm³/mol. The lowest BCUT2D eigenvalue weighted by molar-refractivity contribution is -0.131. The average molecular weight is 319 g/mol. The third kappa shape index (κ3) is 3.05. The summed E-state index contributed by atoms with van der Waals surface area (Å²) < 4.78 is 0. The lowest BCUT2D eigenvalue weighted by Gasteiger charge is -2.27. The van der Waals surface area contributed by atoms with Crippen LogP contribution in [0.1, 0.15) is 16.9 Å². The molecule has 1 saturated heterocycles. The second-order valence-corrected chi connectivity index (χ2v) is 6.70. The van der Waals surface area contributed by atoms with Crippen LogP contribution in [0.2, 0.25) is 0 Å². The quantitative estimate of drug-likeness (QED) is 0.894. The van der Waals surface area contributed by atoms with Crippen molar-refractivity contribution in [3.63, 3.8) is 0 Å². The van der Waals surface area contributed by atoms with Crippen LogP contribution < -0.4 is 10.6 Å². The molecule has 0 aromatic carbocycles. The molecule has 3 rings (SSSR count). The number of carbonyl (C=O) groups excluding carboxylic acids is 1. The summed E-state index contributed by atoms with van der Waals surface area (Å²) in [6, 6.07) is 0. The van der Waals surface area contributed by atoms with Crippen LogP contribution in [0.5, 0.6) is 0 Å². The maximum absolute atomic E-state index is 12.2. The number of thiophene rings is 1. The van der Waals surface area contributed by atoms with E-state index in [-0.39, 0.29) is 5.91 Å². The molecule has 1 amide bonds. The van der Waals surface area contributed by atoms with Gasteiger partial charge in [0.25, 0.3) is 0 Å². The van der Waals surface area contributed by atoms with E-state index in [0.717, 1.165) is 42.2 Å². The molecule has 0 saturated carbocycles. The standard InChI is InChI=1S/C15H21N5OS/c1-10-11(2)22-15-13(10)14(18-9-19-15)17-4-3-12(21)20-7-5-16-6-8-20/h9,16H,3-8H2,1-2H3,(H,17,18,19). The first kappa shape index (κ1) is 15.2. The van der Waals surface area contributed by atoms with E-state index in [1.54, 1.807) is 17.7 Å². The number of aromatic nitrogens is 2. The maximum atomic E-state index is 12.2. The molecule has 0 aliphatic carbocycles. The zero-order valence-electron chi connectivity index (χ0n) is 13.0. The van der Waals surface area contributed by atoms with Gasteiger partial charge in [0.1, 0.15) is 17.0 Å². The first-order valence-electron chi connectivity index (χ1n) is 7.60. The summed E-state index contributed by atoms with van der Waals surface area (Å²) in [5.41, 5.74) is 1.22. The fourth-order valence-corrected chi connectivity index (χ4v) is 3.67. The SMILES string of the molecule is Cc1sc2ncnc(NCCC(=O)N3CCNCC3)c2c1C. The van der Waals surface area contributed by atoms with Crippen LogP contribution in [-0.2, 0) is 4.79 Å². The van der Waals surface area contributed by atoms with Crippen LogP contribution in [-0.4, -0.2) is 53.5 Å². The summed E-state index contributed by atoms with van der Waals surface area (Å²) in [6.07, 6.45) is 2.08. The summed E-state index contributed by atoms with van der Waals surface area (Å²) in [6.45, 7) is 8.17. The molecule has 6 nitrogen and oxygen atoms in total. The topological polar surface area (TPSA) is 70.2 Å². The number of piperazine rings is 1. The van der Waals surface area contributed by atoms with Crippen LogP contribution in [0.4, 0.5) is 5.82 Å². The Morgan fingerprint density at radius 2 is 2.14 bits per heavy atom. The first-order valence-corrected chi connectivity index (χ1v) is 8.41. The predicted octanol–water partition coefficient (Wildman–Crippen LogP) is 1.54. The zero-order chi connectivity index (χ0) is 15.5. The largest absolute Gasteiger partial charge is 0.369 e. The van der Waals surface area contributed by atoms with E-state index in [0.29, 0.717) is 13.0 Å². The van der Waals surface area contributed by atoms with Gasteiger partial charge in [0.15, 0.2) is 0 Å². The summed E-state index contributed by atoms with van der Waals surface area (Å²) in [5, 5.41) is 7.64. The molecule has 118 valence electrons. The van der Waals surface area contributed by atoms with E-state index in [1.165, 1.54) is 10.4 Å². The van der Waals surface area contributed by atoms with Crippen LogP contribution in [0.15, 0.2) is 6.33 Å². The highest BCUT2D eigenvalue weighted by atomic mass is 32.1. The molecular weight excluding hydrogens is 298 g/mol. The van der Waals surface area contributed by atoms with E-state index >= 15 is 0 Å². The third-order valence-corrected chi connectivity index (χ3v) is 5.18. The van der Waals surface area contributed by atoms with Crippen molar-refractivity contribution < 1.29 is 4.79 Å². The minimum atomic E-state index is 0.206. The summed E-state index contributed by atoms with van der Waals surface area (Å²) in [7, 11) is 0. The highest BCUT2D eigenvalue weighted by Crippen LogP contribution is 2.32. The molecule has 1 fully saturated rings. The normalized spacial score (nSPS) is 15.3. The monoisotopic (exact) mass is 319 g/mol. The second-order valence-electron chi connectivity index (χ2n) is 5.49.